The van der Waals surface area contributed by atoms with Crippen molar-refractivity contribution >= 4 is 18.3 Å². The molecule has 2 unspecified atom stereocenters. The smallest absolute Gasteiger partial charge is 0.237 e. The number of benzene rings is 2. The van der Waals surface area contributed by atoms with E-state index in [2.05, 4.69) is 47.0 Å². The Labute approximate surface area is 196 Å². The summed E-state index contributed by atoms with van der Waals surface area (Å²) >= 11 is 0. The zero-order valence-corrected chi connectivity index (χ0v) is 19.2. The largest absolute Gasteiger partial charge is 0.490 e. The third-order valence-electron chi connectivity index (χ3n) is 6.85. The molecule has 5 nitrogen and oxygen atoms in total. The van der Waals surface area contributed by atoms with Gasteiger partial charge in [0.1, 0.15) is 17.6 Å². The Morgan fingerprint density at radius 3 is 2.56 bits per heavy atom. The molecule has 2 heterocycles. The minimum atomic E-state index is 0. The summed E-state index contributed by atoms with van der Waals surface area (Å²) in [6.07, 6.45) is 8.31. The minimum absolute atomic E-state index is 0. The average molecular weight is 457 g/mol. The predicted molar refractivity (Wildman–Crippen MR) is 128 cm³/mol. The molecule has 1 saturated heterocycles. The molecule has 172 valence electrons. The number of carbonyl (C=O) groups is 1. The number of amides is 1. The summed E-state index contributed by atoms with van der Waals surface area (Å²) in [5.74, 6) is 2.08. The second-order valence-electron chi connectivity index (χ2n) is 9.07. The second-order valence-corrected chi connectivity index (χ2v) is 9.07. The van der Waals surface area contributed by atoms with Crippen LogP contribution in [0.3, 0.4) is 0 Å². The van der Waals surface area contributed by atoms with Gasteiger partial charge in [-0.2, -0.15) is 0 Å². The fourth-order valence-corrected chi connectivity index (χ4v) is 5.07. The summed E-state index contributed by atoms with van der Waals surface area (Å²) in [6.45, 7) is 0.956. The van der Waals surface area contributed by atoms with Crippen molar-refractivity contribution in [1.29, 1.82) is 0 Å². The quantitative estimate of drug-likeness (QED) is 0.682. The van der Waals surface area contributed by atoms with Crippen LogP contribution in [0.5, 0.6) is 11.5 Å². The Morgan fingerprint density at radius 1 is 1.00 bits per heavy atom. The number of halogens is 1. The molecule has 2 aliphatic heterocycles. The van der Waals surface area contributed by atoms with E-state index in [1.54, 1.807) is 0 Å². The first-order valence-corrected chi connectivity index (χ1v) is 11.8. The van der Waals surface area contributed by atoms with E-state index in [0.717, 1.165) is 69.4 Å². The molecule has 1 saturated carbocycles. The van der Waals surface area contributed by atoms with Gasteiger partial charge in [0.25, 0.3) is 0 Å². The summed E-state index contributed by atoms with van der Waals surface area (Å²) in [5, 5.41) is 6.51. The Balaban J connectivity index is 0.00000245. The summed E-state index contributed by atoms with van der Waals surface area (Å²) in [5.41, 5.74) is 2.47. The van der Waals surface area contributed by atoms with Crippen LogP contribution in [-0.4, -0.2) is 30.6 Å². The van der Waals surface area contributed by atoms with E-state index in [0.29, 0.717) is 0 Å². The number of fused-ring (bicyclic) bond motifs is 1. The van der Waals surface area contributed by atoms with Crippen molar-refractivity contribution < 1.29 is 14.3 Å². The van der Waals surface area contributed by atoms with Gasteiger partial charge in [-0.05, 0) is 87.2 Å². The van der Waals surface area contributed by atoms with Crippen molar-refractivity contribution in [3.63, 3.8) is 0 Å². The maximum absolute atomic E-state index is 12.3. The Kier molecular flexibility index (Phi) is 7.59. The number of rotatable bonds is 5. The number of ether oxygens (including phenoxy) is 2. The lowest BCUT2D eigenvalue weighted by Crippen LogP contribution is -2.47. The zero-order valence-electron chi connectivity index (χ0n) is 18.4. The van der Waals surface area contributed by atoms with E-state index in [1.807, 2.05) is 12.1 Å². The summed E-state index contributed by atoms with van der Waals surface area (Å²) < 4.78 is 12.6. The summed E-state index contributed by atoms with van der Waals surface area (Å²) in [7, 11) is 0. The summed E-state index contributed by atoms with van der Waals surface area (Å²) in [4.78, 5) is 12.3. The first kappa shape index (κ1) is 22.9. The van der Waals surface area contributed by atoms with Gasteiger partial charge < -0.3 is 20.1 Å². The molecular formula is C26H33ClN2O3. The molecule has 1 amide bonds. The normalized spacial score (nSPS) is 26.9. The second kappa shape index (κ2) is 10.6. The molecule has 3 aliphatic rings. The molecule has 6 heteroatoms. The molecule has 0 aromatic heterocycles. The number of nitrogens with one attached hydrogen (secondary N) is 2. The van der Waals surface area contributed by atoms with Crippen molar-refractivity contribution in [3.05, 3.63) is 59.7 Å². The molecular weight excluding hydrogens is 424 g/mol. The van der Waals surface area contributed by atoms with Crippen LogP contribution >= 0.6 is 12.4 Å². The molecule has 0 spiro atoms. The van der Waals surface area contributed by atoms with E-state index in [4.69, 9.17) is 9.47 Å². The number of hydrogen-bond acceptors (Lipinski definition) is 4. The third-order valence-corrected chi connectivity index (χ3v) is 6.85. The van der Waals surface area contributed by atoms with E-state index in [9.17, 15) is 4.79 Å². The number of hydrogen-bond donors (Lipinski definition) is 2. The van der Waals surface area contributed by atoms with Crippen molar-refractivity contribution in [3.8, 4) is 11.5 Å². The molecule has 0 bridgehead atoms. The number of aryl methyl sites for hydroxylation is 1. The maximum atomic E-state index is 12.3. The Hall–Kier alpha value is -2.24. The average Bonchev–Trinajstić information content (AvgIpc) is 3.36. The number of carbonyl (C=O) groups excluding carboxylic acids is 1. The highest BCUT2D eigenvalue weighted by atomic mass is 35.5. The third kappa shape index (κ3) is 5.38. The van der Waals surface area contributed by atoms with Gasteiger partial charge in [-0.15, -0.1) is 12.4 Å². The van der Waals surface area contributed by atoms with Crippen LogP contribution in [0, 0.1) is 0 Å². The monoisotopic (exact) mass is 456 g/mol. The lowest BCUT2D eigenvalue weighted by atomic mass is 9.92. The van der Waals surface area contributed by atoms with Crippen molar-refractivity contribution in [1.82, 2.24) is 10.6 Å². The van der Waals surface area contributed by atoms with Crippen LogP contribution in [0.15, 0.2) is 48.5 Å². The van der Waals surface area contributed by atoms with Crippen LogP contribution in [0.1, 0.15) is 62.2 Å². The van der Waals surface area contributed by atoms with Gasteiger partial charge in [0.05, 0.1) is 12.1 Å². The van der Waals surface area contributed by atoms with Crippen LogP contribution in [0.2, 0.25) is 0 Å². The standard InChI is InChI=1S/C26H32N2O3.ClH/c29-26(23-7-4-16-27-23)28-20-9-11-21(12-10-20)30-22-13-15-25-19(17-22)8-14-24(31-25)18-5-2-1-3-6-18;/h1-3,5-6,13,15,17,20-21,23-24,27H,4,7-12,14,16H2,(H,28,29);1H. The van der Waals surface area contributed by atoms with Gasteiger partial charge in [-0.1, -0.05) is 30.3 Å². The predicted octanol–water partition coefficient (Wildman–Crippen LogP) is 4.73. The molecule has 2 atom stereocenters. The molecule has 32 heavy (non-hydrogen) atoms. The molecule has 2 aromatic carbocycles. The van der Waals surface area contributed by atoms with Gasteiger partial charge in [0, 0.05) is 6.04 Å². The fourth-order valence-electron chi connectivity index (χ4n) is 5.07. The van der Waals surface area contributed by atoms with Crippen LogP contribution in [-0.2, 0) is 11.2 Å². The van der Waals surface area contributed by atoms with Crippen LogP contribution in [0.25, 0.3) is 0 Å². The highest BCUT2D eigenvalue weighted by molar-refractivity contribution is 5.85. The van der Waals surface area contributed by atoms with Gasteiger partial charge in [-0.3, -0.25) is 4.79 Å². The van der Waals surface area contributed by atoms with E-state index in [1.165, 1.54) is 11.1 Å². The van der Waals surface area contributed by atoms with Crippen molar-refractivity contribution in [2.75, 3.05) is 6.54 Å². The van der Waals surface area contributed by atoms with E-state index >= 15 is 0 Å². The Morgan fingerprint density at radius 2 is 1.81 bits per heavy atom. The van der Waals surface area contributed by atoms with Gasteiger partial charge in [-0.25, -0.2) is 0 Å². The molecule has 2 aromatic rings. The molecule has 2 N–H and O–H groups in total. The topological polar surface area (TPSA) is 59.6 Å². The highest BCUT2D eigenvalue weighted by Gasteiger charge is 2.28. The molecule has 1 aliphatic carbocycles. The molecule has 5 rings (SSSR count). The Bertz CT molecular complexity index is 893. The molecule has 2 fully saturated rings. The van der Waals surface area contributed by atoms with E-state index in [-0.39, 0.29) is 42.6 Å². The van der Waals surface area contributed by atoms with Gasteiger partial charge >= 0.3 is 0 Å². The lowest BCUT2D eigenvalue weighted by Gasteiger charge is -2.31. The van der Waals surface area contributed by atoms with Crippen molar-refractivity contribution in [2.45, 2.75) is 75.7 Å². The van der Waals surface area contributed by atoms with Crippen LogP contribution in [0.4, 0.5) is 0 Å². The minimum Gasteiger partial charge on any atom is -0.490 e. The first-order chi connectivity index (χ1) is 15.2. The van der Waals surface area contributed by atoms with Crippen LogP contribution < -0.4 is 20.1 Å². The zero-order chi connectivity index (χ0) is 21.0. The lowest BCUT2D eigenvalue weighted by molar-refractivity contribution is -0.123. The van der Waals surface area contributed by atoms with Gasteiger partial charge in [0.2, 0.25) is 5.91 Å². The fraction of sp³-hybridized carbons (Fsp3) is 0.500. The highest BCUT2D eigenvalue weighted by Crippen LogP contribution is 2.37. The summed E-state index contributed by atoms with van der Waals surface area (Å²) in [6, 6.07) is 17.0. The van der Waals surface area contributed by atoms with Crippen molar-refractivity contribution in [2.24, 2.45) is 0 Å². The molecule has 0 radical (unpaired) electrons. The van der Waals surface area contributed by atoms with Gasteiger partial charge in [0.15, 0.2) is 0 Å². The van der Waals surface area contributed by atoms with E-state index < -0.39 is 0 Å². The first-order valence-electron chi connectivity index (χ1n) is 11.8. The SMILES string of the molecule is Cl.O=C(NC1CCC(Oc2ccc3c(c2)CCC(c2ccccc2)O3)CC1)C1CCCN1. The maximum Gasteiger partial charge on any atom is 0.237 e.